The summed E-state index contributed by atoms with van der Waals surface area (Å²) in [7, 11) is 0. The summed E-state index contributed by atoms with van der Waals surface area (Å²) in [5.74, 6) is 0.214. The molecule has 1 aromatic rings. The van der Waals surface area contributed by atoms with Crippen molar-refractivity contribution in [3.05, 3.63) is 29.8 Å². The molecule has 1 heterocycles. The van der Waals surface area contributed by atoms with Crippen LogP contribution in [0.2, 0.25) is 0 Å². The topological polar surface area (TPSA) is 41.6 Å². The third-order valence-corrected chi connectivity index (χ3v) is 3.52. The second-order valence-corrected chi connectivity index (χ2v) is 5.17. The molecule has 1 saturated heterocycles. The number of benzene rings is 1. The number of carbonyl (C=O) groups excluding carboxylic acids is 1. The Morgan fingerprint density at radius 2 is 2.05 bits per heavy atom. The van der Waals surface area contributed by atoms with Gasteiger partial charge in [-0.2, -0.15) is 13.2 Å². The molecule has 1 aromatic carbocycles. The van der Waals surface area contributed by atoms with Gasteiger partial charge in [0.2, 0.25) is 0 Å². The molecule has 2 amide bonds. The van der Waals surface area contributed by atoms with Crippen LogP contribution in [0.1, 0.15) is 25.3 Å². The monoisotopic (exact) mass is 316 g/mol. The average molecular weight is 316 g/mol. The fraction of sp³-hybridized carbons (Fsp3) is 0.533. The number of ether oxygens (including phenoxy) is 1. The molecule has 7 heteroatoms. The minimum Gasteiger partial charge on any atom is -0.490 e. The maximum absolute atomic E-state index is 12.7. The highest BCUT2D eigenvalue weighted by Crippen LogP contribution is 2.32. The number of piperidine rings is 1. The summed E-state index contributed by atoms with van der Waals surface area (Å²) in [6.45, 7) is 3.49. The van der Waals surface area contributed by atoms with Gasteiger partial charge in [0, 0.05) is 32.5 Å². The zero-order valence-corrected chi connectivity index (χ0v) is 12.3. The van der Waals surface area contributed by atoms with Crippen molar-refractivity contribution in [1.82, 2.24) is 10.2 Å². The molecule has 0 radical (unpaired) electrons. The van der Waals surface area contributed by atoms with Crippen LogP contribution in [-0.2, 0) is 6.18 Å². The SMILES string of the molecule is CCNC(=O)N1CCC(Oc2cccc(C(F)(F)F)c2)CC1. The van der Waals surface area contributed by atoms with Gasteiger partial charge in [-0.3, -0.25) is 0 Å². The van der Waals surface area contributed by atoms with Gasteiger partial charge in [0.05, 0.1) is 5.56 Å². The summed E-state index contributed by atoms with van der Waals surface area (Å²) < 4.78 is 43.6. The second kappa shape index (κ2) is 6.89. The fourth-order valence-electron chi connectivity index (χ4n) is 2.38. The van der Waals surface area contributed by atoms with Gasteiger partial charge in [-0.05, 0) is 25.1 Å². The third kappa shape index (κ3) is 4.29. The van der Waals surface area contributed by atoms with E-state index >= 15 is 0 Å². The first-order valence-corrected chi connectivity index (χ1v) is 7.27. The van der Waals surface area contributed by atoms with E-state index in [1.165, 1.54) is 12.1 Å². The van der Waals surface area contributed by atoms with Crippen LogP contribution in [0, 0.1) is 0 Å². The van der Waals surface area contributed by atoms with E-state index in [2.05, 4.69) is 5.32 Å². The Kier molecular flexibility index (Phi) is 5.15. The van der Waals surface area contributed by atoms with Crippen LogP contribution in [-0.4, -0.2) is 36.7 Å². The summed E-state index contributed by atoms with van der Waals surface area (Å²) in [5.41, 5.74) is -0.718. The van der Waals surface area contributed by atoms with E-state index in [1.807, 2.05) is 6.92 Å². The number of likely N-dealkylation sites (tertiary alicyclic amines) is 1. The van der Waals surface area contributed by atoms with Gasteiger partial charge < -0.3 is 15.0 Å². The Bertz CT molecular complexity index is 512. The molecule has 122 valence electrons. The van der Waals surface area contributed by atoms with E-state index in [1.54, 1.807) is 4.90 Å². The van der Waals surface area contributed by atoms with Gasteiger partial charge in [0.15, 0.2) is 0 Å². The number of urea groups is 1. The number of hydrogen-bond acceptors (Lipinski definition) is 2. The summed E-state index contributed by atoms with van der Waals surface area (Å²) in [6, 6.07) is 4.77. The van der Waals surface area contributed by atoms with Crippen molar-refractivity contribution in [3.8, 4) is 5.75 Å². The Hall–Kier alpha value is -1.92. The maximum atomic E-state index is 12.7. The van der Waals surface area contributed by atoms with Gasteiger partial charge in [-0.15, -0.1) is 0 Å². The molecule has 2 rings (SSSR count). The zero-order valence-electron chi connectivity index (χ0n) is 12.3. The summed E-state index contributed by atoms with van der Waals surface area (Å²) in [4.78, 5) is 13.4. The van der Waals surface area contributed by atoms with Crippen LogP contribution < -0.4 is 10.1 Å². The number of amides is 2. The molecule has 1 aliphatic rings. The van der Waals surface area contributed by atoms with Crippen molar-refractivity contribution in [1.29, 1.82) is 0 Å². The number of nitrogens with zero attached hydrogens (tertiary/aromatic N) is 1. The lowest BCUT2D eigenvalue weighted by atomic mass is 10.1. The molecule has 0 aromatic heterocycles. The molecular formula is C15H19F3N2O2. The quantitative estimate of drug-likeness (QED) is 0.930. The number of hydrogen-bond donors (Lipinski definition) is 1. The summed E-state index contributed by atoms with van der Waals surface area (Å²) >= 11 is 0. The zero-order chi connectivity index (χ0) is 16.2. The van der Waals surface area contributed by atoms with Gasteiger partial charge >= 0.3 is 12.2 Å². The van der Waals surface area contributed by atoms with Crippen molar-refractivity contribution in [2.24, 2.45) is 0 Å². The van der Waals surface area contributed by atoms with E-state index in [9.17, 15) is 18.0 Å². The van der Waals surface area contributed by atoms with Crippen LogP contribution >= 0.6 is 0 Å². The third-order valence-electron chi connectivity index (χ3n) is 3.52. The fourth-order valence-corrected chi connectivity index (χ4v) is 2.38. The van der Waals surface area contributed by atoms with Crippen LogP contribution in [0.25, 0.3) is 0 Å². The Balaban J connectivity index is 1.90. The van der Waals surface area contributed by atoms with Crippen LogP contribution in [0.4, 0.5) is 18.0 Å². The predicted molar refractivity (Wildman–Crippen MR) is 75.7 cm³/mol. The Morgan fingerprint density at radius 3 is 2.64 bits per heavy atom. The normalized spacial score (nSPS) is 16.5. The number of halogens is 3. The van der Waals surface area contributed by atoms with Gasteiger partial charge in [-0.1, -0.05) is 6.07 Å². The number of rotatable bonds is 3. The number of carbonyl (C=O) groups is 1. The minimum absolute atomic E-state index is 0.111. The lowest BCUT2D eigenvalue weighted by Gasteiger charge is -2.32. The molecule has 1 N–H and O–H groups in total. The highest BCUT2D eigenvalue weighted by Gasteiger charge is 2.31. The van der Waals surface area contributed by atoms with Crippen molar-refractivity contribution in [3.63, 3.8) is 0 Å². The molecular weight excluding hydrogens is 297 g/mol. The van der Waals surface area contributed by atoms with E-state index in [4.69, 9.17) is 4.74 Å². The van der Waals surface area contributed by atoms with Gasteiger partial charge in [0.25, 0.3) is 0 Å². The van der Waals surface area contributed by atoms with Crippen LogP contribution in [0.15, 0.2) is 24.3 Å². The van der Waals surface area contributed by atoms with E-state index < -0.39 is 11.7 Å². The Labute approximate surface area is 127 Å². The van der Waals surface area contributed by atoms with E-state index in [-0.39, 0.29) is 17.9 Å². The maximum Gasteiger partial charge on any atom is 0.416 e. The smallest absolute Gasteiger partial charge is 0.416 e. The number of alkyl halides is 3. The lowest BCUT2D eigenvalue weighted by Crippen LogP contribution is -2.46. The average Bonchev–Trinajstić information content (AvgIpc) is 2.48. The molecule has 0 bridgehead atoms. The van der Waals surface area contributed by atoms with Crippen molar-refractivity contribution in [2.75, 3.05) is 19.6 Å². The Morgan fingerprint density at radius 1 is 1.36 bits per heavy atom. The van der Waals surface area contributed by atoms with Crippen molar-refractivity contribution < 1.29 is 22.7 Å². The van der Waals surface area contributed by atoms with E-state index in [0.717, 1.165) is 12.1 Å². The first-order valence-electron chi connectivity index (χ1n) is 7.27. The summed E-state index contributed by atoms with van der Waals surface area (Å²) in [5, 5.41) is 2.73. The van der Waals surface area contributed by atoms with Gasteiger partial charge in [-0.25, -0.2) is 4.79 Å². The highest BCUT2D eigenvalue weighted by molar-refractivity contribution is 5.74. The lowest BCUT2D eigenvalue weighted by molar-refractivity contribution is -0.137. The van der Waals surface area contributed by atoms with E-state index in [0.29, 0.717) is 32.5 Å². The molecule has 22 heavy (non-hydrogen) atoms. The molecule has 1 aliphatic heterocycles. The first kappa shape index (κ1) is 16.5. The van der Waals surface area contributed by atoms with Crippen LogP contribution in [0.3, 0.4) is 0 Å². The summed E-state index contributed by atoms with van der Waals surface area (Å²) in [6.07, 6.45) is -3.34. The molecule has 0 atom stereocenters. The minimum atomic E-state index is -4.37. The number of nitrogens with one attached hydrogen (secondary N) is 1. The molecule has 0 saturated carbocycles. The molecule has 0 spiro atoms. The second-order valence-electron chi connectivity index (χ2n) is 5.17. The van der Waals surface area contributed by atoms with Gasteiger partial charge in [0.1, 0.15) is 11.9 Å². The molecule has 1 fully saturated rings. The van der Waals surface area contributed by atoms with Crippen LogP contribution in [0.5, 0.6) is 5.75 Å². The molecule has 0 unspecified atom stereocenters. The standard InChI is InChI=1S/C15H19F3N2O2/c1-2-19-14(21)20-8-6-12(7-9-20)22-13-5-3-4-11(10-13)15(16,17)18/h3-5,10,12H,2,6-9H2,1H3,(H,19,21). The van der Waals surface area contributed by atoms with Crippen molar-refractivity contribution >= 4 is 6.03 Å². The highest BCUT2D eigenvalue weighted by atomic mass is 19.4. The first-order chi connectivity index (χ1) is 10.4. The molecule has 4 nitrogen and oxygen atoms in total. The van der Waals surface area contributed by atoms with Crippen molar-refractivity contribution in [2.45, 2.75) is 32.0 Å². The largest absolute Gasteiger partial charge is 0.490 e. The predicted octanol–water partition coefficient (Wildman–Crippen LogP) is 3.28. The molecule has 0 aliphatic carbocycles.